The number of benzene rings is 1. The van der Waals surface area contributed by atoms with Crippen molar-refractivity contribution in [1.82, 2.24) is 5.32 Å². The van der Waals surface area contributed by atoms with E-state index in [9.17, 15) is 14.4 Å². The Kier molecular flexibility index (Phi) is 5.90. The summed E-state index contributed by atoms with van der Waals surface area (Å²) in [5, 5.41) is 10.9. The molecule has 6 nitrogen and oxygen atoms in total. The van der Waals surface area contributed by atoms with Crippen LogP contribution < -0.4 is 10.2 Å². The zero-order chi connectivity index (χ0) is 16.0. The Morgan fingerprint density at radius 1 is 1.29 bits per heavy atom. The molecular weight excluding hydrogens is 272 g/mol. The molecule has 3 amide bonds. The highest BCUT2D eigenvalue weighted by Crippen LogP contribution is 2.14. The maximum absolute atomic E-state index is 11.9. The zero-order valence-electron chi connectivity index (χ0n) is 12.4. The summed E-state index contributed by atoms with van der Waals surface area (Å²) < 4.78 is 0. The average Bonchev–Trinajstić information content (AvgIpc) is 2.36. The highest BCUT2D eigenvalue weighted by atomic mass is 16.4. The fraction of sp³-hybridized carbons (Fsp3) is 0.400. The van der Waals surface area contributed by atoms with Gasteiger partial charge in [-0.3, -0.25) is 19.8 Å². The molecule has 1 atom stereocenters. The number of carboxylic acid groups (broad SMARTS) is 1. The largest absolute Gasteiger partial charge is 0.481 e. The Labute approximate surface area is 123 Å². The van der Waals surface area contributed by atoms with Crippen molar-refractivity contribution in [2.24, 2.45) is 5.92 Å². The molecule has 0 saturated heterocycles. The summed E-state index contributed by atoms with van der Waals surface area (Å²) in [4.78, 5) is 35.5. The molecule has 0 bridgehead atoms. The van der Waals surface area contributed by atoms with Gasteiger partial charge in [0.2, 0.25) is 5.91 Å². The number of carbonyl (C=O) groups is 3. The number of hydrogen-bond acceptors (Lipinski definition) is 3. The molecule has 0 aliphatic carbocycles. The second-order valence-electron chi connectivity index (χ2n) is 5.16. The molecule has 0 saturated carbocycles. The molecule has 0 fully saturated rings. The van der Waals surface area contributed by atoms with Crippen LogP contribution in [0.15, 0.2) is 24.3 Å². The molecule has 21 heavy (non-hydrogen) atoms. The van der Waals surface area contributed by atoms with E-state index in [1.807, 2.05) is 25.1 Å². The number of rotatable bonds is 5. The maximum atomic E-state index is 11.9. The molecule has 0 heterocycles. The van der Waals surface area contributed by atoms with Crippen molar-refractivity contribution in [2.45, 2.75) is 26.7 Å². The van der Waals surface area contributed by atoms with Gasteiger partial charge in [0.25, 0.3) is 0 Å². The van der Waals surface area contributed by atoms with Gasteiger partial charge in [0, 0.05) is 25.6 Å². The first-order valence-corrected chi connectivity index (χ1v) is 6.65. The van der Waals surface area contributed by atoms with Crippen molar-refractivity contribution in [2.75, 3.05) is 11.9 Å². The van der Waals surface area contributed by atoms with Gasteiger partial charge in [0.15, 0.2) is 0 Å². The van der Waals surface area contributed by atoms with Gasteiger partial charge < -0.3 is 5.11 Å². The summed E-state index contributed by atoms with van der Waals surface area (Å²) in [6, 6.07) is 6.80. The van der Waals surface area contributed by atoms with Crippen LogP contribution in [0.2, 0.25) is 0 Å². The van der Waals surface area contributed by atoms with Crippen molar-refractivity contribution in [3.8, 4) is 0 Å². The van der Waals surface area contributed by atoms with Gasteiger partial charge in [0.05, 0.1) is 0 Å². The highest BCUT2D eigenvalue weighted by Gasteiger charge is 2.17. The van der Waals surface area contributed by atoms with Crippen LogP contribution in [0.4, 0.5) is 10.5 Å². The van der Waals surface area contributed by atoms with E-state index in [1.165, 1.54) is 4.90 Å². The van der Waals surface area contributed by atoms with E-state index in [2.05, 4.69) is 5.32 Å². The standard InChI is InChI=1S/C15H20N2O4/c1-10-5-4-6-12(7-10)17(3)15(21)16-13(18)8-11(2)9-14(19)20/h4-7,11H,8-9H2,1-3H3,(H,19,20)(H,16,18,21). The summed E-state index contributed by atoms with van der Waals surface area (Å²) in [6.45, 7) is 3.57. The van der Waals surface area contributed by atoms with Gasteiger partial charge >= 0.3 is 12.0 Å². The topological polar surface area (TPSA) is 86.7 Å². The van der Waals surface area contributed by atoms with E-state index < -0.39 is 17.9 Å². The Hall–Kier alpha value is -2.37. The first kappa shape index (κ1) is 16.7. The molecule has 1 aromatic rings. The number of carboxylic acids is 1. The number of hydrogen-bond donors (Lipinski definition) is 2. The maximum Gasteiger partial charge on any atom is 0.328 e. The number of nitrogens with one attached hydrogen (secondary N) is 1. The minimum Gasteiger partial charge on any atom is -0.481 e. The van der Waals surface area contributed by atoms with Gasteiger partial charge in [-0.1, -0.05) is 19.1 Å². The second-order valence-corrected chi connectivity index (χ2v) is 5.16. The number of aliphatic carboxylic acids is 1. The third-order valence-electron chi connectivity index (χ3n) is 3.00. The molecule has 1 unspecified atom stereocenters. The van der Waals surface area contributed by atoms with Crippen LogP contribution >= 0.6 is 0 Å². The number of nitrogens with zero attached hydrogens (tertiary/aromatic N) is 1. The summed E-state index contributed by atoms with van der Waals surface area (Å²) in [5.74, 6) is -1.76. The SMILES string of the molecule is Cc1cccc(N(C)C(=O)NC(=O)CC(C)CC(=O)O)c1. The number of amides is 3. The predicted octanol–water partition coefficient (Wildman–Crippen LogP) is 2.17. The second kappa shape index (κ2) is 7.42. The Morgan fingerprint density at radius 3 is 2.52 bits per heavy atom. The monoisotopic (exact) mass is 292 g/mol. The van der Waals surface area contributed by atoms with E-state index in [1.54, 1.807) is 20.0 Å². The van der Waals surface area contributed by atoms with Crippen molar-refractivity contribution >= 4 is 23.6 Å². The lowest BCUT2D eigenvalue weighted by molar-refractivity contribution is -0.138. The Balaban J connectivity index is 2.56. The minimum atomic E-state index is -0.960. The number of anilines is 1. The van der Waals surface area contributed by atoms with Gasteiger partial charge in [-0.2, -0.15) is 0 Å². The molecule has 114 valence electrons. The molecule has 0 aromatic heterocycles. The molecule has 0 radical (unpaired) electrons. The summed E-state index contributed by atoms with van der Waals surface area (Å²) >= 11 is 0. The van der Waals surface area contributed by atoms with Crippen molar-refractivity contribution in [1.29, 1.82) is 0 Å². The Morgan fingerprint density at radius 2 is 1.95 bits per heavy atom. The van der Waals surface area contributed by atoms with E-state index in [4.69, 9.17) is 5.11 Å². The van der Waals surface area contributed by atoms with E-state index in [0.29, 0.717) is 5.69 Å². The first-order valence-electron chi connectivity index (χ1n) is 6.65. The lowest BCUT2D eigenvalue weighted by Gasteiger charge is -2.18. The average molecular weight is 292 g/mol. The molecule has 1 rings (SSSR count). The zero-order valence-corrected chi connectivity index (χ0v) is 12.4. The fourth-order valence-electron chi connectivity index (χ4n) is 1.89. The number of carbonyl (C=O) groups excluding carboxylic acids is 2. The smallest absolute Gasteiger partial charge is 0.328 e. The lowest BCUT2D eigenvalue weighted by atomic mass is 10.0. The normalized spacial score (nSPS) is 11.6. The number of urea groups is 1. The molecular formula is C15H20N2O4. The number of aryl methyl sites for hydroxylation is 1. The van der Waals surface area contributed by atoms with E-state index in [0.717, 1.165) is 5.56 Å². The van der Waals surface area contributed by atoms with Crippen molar-refractivity contribution < 1.29 is 19.5 Å². The third kappa shape index (κ3) is 5.64. The first-order chi connectivity index (χ1) is 9.79. The number of imide groups is 1. The molecule has 6 heteroatoms. The van der Waals surface area contributed by atoms with Crippen LogP contribution in [0.1, 0.15) is 25.3 Å². The van der Waals surface area contributed by atoms with E-state index in [-0.39, 0.29) is 18.8 Å². The van der Waals surface area contributed by atoms with Gasteiger partial charge in [-0.05, 0) is 30.5 Å². The van der Waals surface area contributed by atoms with Gasteiger partial charge in [-0.25, -0.2) is 4.79 Å². The van der Waals surface area contributed by atoms with Crippen molar-refractivity contribution in [3.63, 3.8) is 0 Å². The van der Waals surface area contributed by atoms with Gasteiger partial charge in [0.1, 0.15) is 0 Å². The molecule has 1 aromatic carbocycles. The fourth-order valence-corrected chi connectivity index (χ4v) is 1.89. The lowest BCUT2D eigenvalue weighted by Crippen LogP contribution is -2.41. The van der Waals surface area contributed by atoms with Crippen LogP contribution in [0.3, 0.4) is 0 Å². The van der Waals surface area contributed by atoms with E-state index >= 15 is 0 Å². The molecule has 0 spiro atoms. The van der Waals surface area contributed by atoms with Crippen LogP contribution in [0.5, 0.6) is 0 Å². The summed E-state index contributed by atoms with van der Waals surface area (Å²) in [5.41, 5.74) is 1.69. The van der Waals surface area contributed by atoms with Crippen LogP contribution in [0.25, 0.3) is 0 Å². The Bertz CT molecular complexity index is 542. The minimum absolute atomic E-state index is 0.000300. The summed E-state index contributed by atoms with van der Waals surface area (Å²) in [7, 11) is 1.57. The highest BCUT2D eigenvalue weighted by molar-refractivity contribution is 6.02. The third-order valence-corrected chi connectivity index (χ3v) is 3.00. The van der Waals surface area contributed by atoms with Crippen LogP contribution in [0, 0.1) is 12.8 Å². The van der Waals surface area contributed by atoms with Crippen molar-refractivity contribution in [3.05, 3.63) is 29.8 Å². The van der Waals surface area contributed by atoms with Crippen LogP contribution in [-0.4, -0.2) is 30.1 Å². The van der Waals surface area contributed by atoms with Crippen LogP contribution in [-0.2, 0) is 9.59 Å². The summed E-state index contributed by atoms with van der Waals surface area (Å²) in [6.07, 6.45) is -0.102. The molecule has 0 aliphatic heterocycles. The molecule has 2 N–H and O–H groups in total. The van der Waals surface area contributed by atoms with Gasteiger partial charge in [-0.15, -0.1) is 0 Å². The quantitative estimate of drug-likeness (QED) is 0.870. The predicted molar refractivity (Wildman–Crippen MR) is 79.2 cm³/mol. The molecule has 0 aliphatic rings.